The minimum absolute atomic E-state index is 0.0244. The molecule has 6 heteroatoms. The molecule has 3 aromatic rings. The van der Waals surface area contributed by atoms with Crippen LogP contribution < -0.4 is 0 Å². The first-order valence-corrected chi connectivity index (χ1v) is 9.58. The molecule has 0 saturated carbocycles. The number of ketones is 1. The Hall–Kier alpha value is -2.60. The van der Waals surface area contributed by atoms with Gasteiger partial charge in [0, 0.05) is 38.9 Å². The third-order valence-corrected chi connectivity index (χ3v) is 6.10. The Kier molecular flexibility index (Phi) is 4.52. The first-order chi connectivity index (χ1) is 13.0. The first kappa shape index (κ1) is 17.8. The largest absolute Gasteiger partial charge is 0.481 e. The molecule has 27 heavy (non-hydrogen) atoms. The molecule has 2 heterocycles. The van der Waals surface area contributed by atoms with Crippen molar-refractivity contribution in [2.45, 2.75) is 42.0 Å². The van der Waals surface area contributed by atoms with E-state index in [1.54, 1.807) is 0 Å². The molecule has 1 N–H and O–H groups in total. The van der Waals surface area contributed by atoms with Crippen LogP contribution in [0.15, 0.2) is 52.3 Å². The molecule has 4 rings (SSSR count). The van der Waals surface area contributed by atoms with Crippen LogP contribution in [0, 0.1) is 5.82 Å². The van der Waals surface area contributed by atoms with Crippen LogP contribution >= 0.6 is 11.8 Å². The Balaban J connectivity index is 2.00. The molecule has 1 aromatic heterocycles. The highest BCUT2D eigenvalue weighted by molar-refractivity contribution is 7.99. The maximum atomic E-state index is 14.2. The highest BCUT2D eigenvalue weighted by Crippen LogP contribution is 2.47. The van der Waals surface area contributed by atoms with Gasteiger partial charge in [0.25, 0.3) is 0 Å². The maximum Gasteiger partial charge on any atom is 0.304 e. The van der Waals surface area contributed by atoms with Gasteiger partial charge >= 0.3 is 5.97 Å². The van der Waals surface area contributed by atoms with E-state index in [2.05, 4.69) is 0 Å². The Labute approximate surface area is 160 Å². The van der Waals surface area contributed by atoms with E-state index in [1.165, 1.54) is 30.8 Å². The molecule has 0 bridgehead atoms. The number of rotatable bonds is 5. The minimum Gasteiger partial charge on any atom is -0.481 e. The van der Waals surface area contributed by atoms with E-state index in [4.69, 9.17) is 0 Å². The minimum atomic E-state index is -0.854. The van der Waals surface area contributed by atoms with E-state index in [0.717, 1.165) is 20.9 Å². The van der Waals surface area contributed by atoms with Gasteiger partial charge in [-0.3, -0.25) is 9.59 Å². The Bertz CT molecular complexity index is 1060. The zero-order valence-electron chi connectivity index (χ0n) is 14.7. The molecule has 1 aliphatic heterocycles. The third-order valence-electron chi connectivity index (χ3n) is 4.97. The summed E-state index contributed by atoms with van der Waals surface area (Å²) in [6, 6.07) is 12.5. The summed E-state index contributed by atoms with van der Waals surface area (Å²) in [6.45, 7) is 2.06. The van der Waals surface area contributed by atoms with Gasteiger partial charge in [0.05, 0.1) is 11.9 Å². The number of aliphatic carboxylic acids is 1. The number of hydrogen-bond acceptors (Lipinski definition) is 3. The van der Waals surface area contributed by atoms with Crippen molar-refractivity contribution in [3.63, 3.8) is 0 Å². The Morgan fingerprint density at radius 3 is 2.67 bits per heavy atom. The first-order valence-electron chi connectivity index (χ1n) is 8.77. The van der Waals surface area contributed by atoms with Gasteiger partial charge in [0.2, 0.25) is 0 Å². The van der Waals surface area contributed by atoms with E-state index in [1.807, 2.05) is 34.9 Å². The SMILES string of the molecule is CC(=O)c1cc(F)cc2c1c(Sc1ccccc1)c1n2CCC1CC(=O)O. The van der Waals surface area contributed by atoms with Gasteiger partial charge in [0.1, 0.15) is 5.82 Å². The lowest BCUT2D eigenvalue weighted by Crippen LogP contribution is -2.04. The van der Waals surface area contributed by atoms with Gasteiger partial charge in [-0.1, -0.05) is 30.0 Å². The van der Waals surface area contributed by atoms with Crippen LogP contribution in [0.1, 0.15) is 41.7 Å². The lowest BCUT2D eigenvalue weighted by molar-refractivity contribution is -0.137. The van der Waals surface area contributed by atoms with E-state index in [-0.39, 0.29) is 18.1 Å². The monoisotopic (exact) mass is 383 g/mol. The predicted octanol–water partition coefficient (Wildman–Crippen LogP) is 5.10. The van der Waals surface area contributed by atoms with Gasteiger partial charge in [0.15, 0.2) is 5.78 Å². The van der Waals surface area contributed by atoms with Crippen molar-refractivity contribution >= 4 is 34.4 Å². The predicted molar refractivity (Wildman–Crippen MR) is 102 cm³/mol. The third kappa shape index (κ3) is 3.14. The smallest absolute Gasteiger partial charge is 0.304 e. The van der Waals surface area contributed by atoms with Crippen molar-refractivity contribution in [1.82, 2.24) is 4.57 Å². The molecular formula is C21H18FNO3S. The molecule has 0 saturated heterocycles. The number of aromatic nitrogens is 1. The molecular weight excluding hydrogens is 365 g/mol. The van der Waals surface area contributed by atoms with E-state index in [0.29, 0.717) is 24.0 Å². The Morgan fingerprint density at radius 1 is 1.26 bits per heavy atom. The van der Waals surface area contributed by atoms with E-state index in [9.17, 15) is 19.1 Å². The quantitative estimate of drug-likeness (QED) is 0.623. The fraction of sp³-hybridized carbons (Fsp3) is 0.238. The highest BCUT2D eigenvalue weighted by Gasteiger charge is 2.33. The number of Topliss-reactive ketones (excluding diaryl/α,β-unsaturated/α-hetero) is 1. The molecule has 1 unspecified atom stereocenters. The number of nitrogens with zero attached hydrogens (tertiary/aromatic N) is 1. The molecule has 0 aliphatic carbocycles. The van der Waals surface area contributed by atoms with Crippen molar-refractivity contribution < 1.29 is 19.1 Å². The molecule has 0 spiro atoms. The number of hydrogen-bond donors (Lipinski definition) is 1. The topological polar surface area (TPSA) is 59.3 Å². The van der Waals surface area contributed by atoms with Crippen LogP contribution in [0.5, 0.6) is 0 Å². The summed E-state index contributed by atoms with van der Waals surface area (Å²) < 4.78 is 16.2. The van der Waals surface area contributed by atoms with Crippen molar-refractivity contribution in [2.75, 3.05) is 0 Å². The van der Waals surface area contributed by atoms with Crippen LogP contribution in [0.2, 0.25) is 0 Å². The summed E-state index contributed by atoms with van der Waals surface area (Å²) in [6.07, 6.45) is 0.725. The summed E-state index contributed by atoms with van der Waals surface area (Å²) >= 11 is 1.51. The number of carbonyl (C=O) groups excluding carboxylic acids is 1. The zero-order chi connectivity index (χ0) is 19.1. The van der Waals surface area contributed by atoms with Crippen molar-refractivity contribution in [3.05, 3.63) is 59.5 Å². The van der Waals surface area contributed by atoms with Crippen molar-refractivity contribution in [1.29, 1.82) is 0 Å². The number of carbonyl (C=O) groups is 2. The van der Waals surface area contributed by atoms with Gasteiger partial charge < -0.3 is 9.67 Å². The van der Waals surface area contributed by atoms with Crippen LogP contribution in [0.25, 0.3) is 10.9 Å². The summed E-state index contributed by atoms with van der Waals surface area (Å²) in [5.41, 5.74) is 1.91. The van der Waals surface area contributed by atoms with Crippen LogP contribution in [0.4, 0.5) is 4.39 Å². The van der Waals surface area contributed by atoms with Crippen LogP contribution in [0.3, 0.4) is 0 Å². The molecule has 0 radical (unpaired) electrons. The average molecular weight is 383 g/mol. The van der Waals surface area contributed by atoms with Gasteiger partial charge in [-0.05, 0) is 37.6 Å². The standard InChI is InChI=1S/C21H18FNO3S/c1-12(24)16-10-14(22)11-17-19(16)21(27-15-5-3-2-4-6-15)20-13(9-18(25)26)7-8-23(17)20/h2-6,10-11,13H,7-9H2,1H3,(H,25,26). The van der Waals surface area contributed by atoms with Crippen molar-refractivity contribution in [2.24, 2.45) is 0 Å². The molecule has 2 aromatic carbocycles. The highest BCUT2D eigenvalue weighted by atomic mass is 32.2. The zero-order valence-corrected chi connectivity index (χ0v) is 15.6. The second-order valence-electron chi connectivity index (χ2n) is 6.77. The summed E-state index contributed by atoms with van der Waals surface area (Å²) in [4.78, 5) is 25.4. The molecule has 138 valence electrons. The number of fused-ring (bicyclic) bond motifs is 3. The normalized spacial score (nSPS) is 15.9. The lowest BCUT2D eigenvalue weighted by Gasteiger charge is -2.11. The number of carboxylic acid groups (broad SMARTS) is 1. The fourth-order valence-electron chi connectivity index (χ4n) is 3.89. The summed E-state index contributed by atoms with van der Waals surface area (Å²) in [5, 5.41) is 10.0. The summed E-state index contributed by atoms with van der Waals surface area (Å²) in [5.74, 6) is -1.66. The molecule has 4 nitrogen and oxygen atoms in total. The maximum absolute atomic E-state index is 14.2. The van der Waals surface area contributed by atoms with Gasteiger partial charge in [-0.25, -0.2) is 4.39 Å². The van der Waals surface area contributed by atoms with Crippen LogP contribution in [-0.2, 0) is 11.3 Å². The molecule has 1 aliphatic rings. The number of benzene rings is 2. The average Bonchev–Trinajstić information content (AvgIpc) is 3.15. The molecule has 0 amide bonds. The second-order valence-corrected chi connectivity index (χ2v) is 7.85. The Morgan fingerprint density at radius 2 is 2.00 bits per heavy atom. The fourth-order valence-corrected chi connectivity index (χ4v) is 5.12. The van der Waals surface area contributed by atoms with Gasteiger partial charge in [-0.2, -0.15) is 0 Å². The molecule has 0 fully saturated rings. The van der Waals surface area contributed by atoms with Gasteiger partial charge in [-0.15, -0.1) is 0 Å². The molecule has 1 atom stereocenters. The number of halogens is 1. The second kappa shape index (κ2) is 6.85. The van der Waals surface area contributed by atoms with E-state index >= 15 is 0 Å². The lowest BCUT2D eigenvalue weighted by atomic mass is 9.99. The number of aryl methyl sites for hydroxylation is 1. The van der Waals surface area contributed by atoms with Crippen molar-refractivity contribution in [3.8, 4) is 0 Å². The van der Waals surface area contributed by atoms with E-state index < -0.39 is 11.8 Å². The van der Waals surface area contributed by atoms with Crippen LogP contribution in [-0.4, -0.2) is 21.4 Å². The summed E-state index contributed by atoms with van der Waals surface area (Å²) in [7, 11) is 0. The number of carboxylic acids is 1.